The second-order valence-corrected chi connectivity index (χ2v) is 5.07. The van der Waals surface area contributed by atoms with Crippen molar-refractivity contribution in [1.29, 1.82) is 0 Å². The van der Waals surface area contributed by atoms with Crippen molar-refractivity contribution in [3.63, 3.8) is 0 Å². The lowest BCUT2D eigenvalue weighted by atomic mass is 9.96. The second kappa shape index (κ2) is 4.91. The monoisotopic (exact) mass is 258 g/mol. The van der Waals surface area contributed by atoms with Gasteiger partial charge in [-0.05, 0) is 43.7 Å². The first-order valence-corrected chi connectivity index (χ1v) is 6.72. The maximum Gasteiger partial charge on any atom is 0.253 e. The quantitative estimate of drug-likeness (QED) is 0.786. The van der Waals surface area contributed by atoms with Crippen molar-refractivity contribution < 1.29 is 4.79 Å². The molecule has 0 bridgehead atoms. The van der Waals surface area contributed by atoms with Crippen molar-refractivity contribution in [2.75, 3.05) is 0 Å². The van der Waals surface area contributed by atoms with Gasteiger partial charge in [-0.1, -0.05) is 0 Å². The summed E-state index contributed by atoms with van der Waals surface area (Å²) in [5.74, 6) is -0.0497. The Hall–Kier alpha value is -2.04. The molecular formula is C14H18N4O. The number of amides is 1. The fourth-order valence-corrected chi connectivity index (χ4v) is 2.64. The van der Waals surface area contributed by atoms with Gasteiger partial charge in [0, 0.05) is 18.1 Å². The molecule has 0 aliphatic heterocycles. The SMILES string of the molecule is Cc1c[nH]cc1C(=O)NCc1n[nH]c2c1CCCC2. The van der Waals surface area contributed by atoms with Crippen LogP contribution in [0.5, 0.6) is 0 Å². The van der Waals surface area contributed by atoms with E-state index in [1.54, 1.807) is 6.20 Å². The molecule has 0 atom stereocenters. The summed E-state index contributed by atoms with van der Waals surface area (Å²) in [5, 5.41) is 10.4. The molecule has 0 spiro atoms. The number of hydrogen-bond donors (Lipinski definition) is 3. The highest BCUT2D eigenvalue weighted by Crippen LogP contribution is 2.22. The number of carbonyl (C=O) groups is 1. The topological polar surface area (TPSA) is 73.6 Å². The van der Waals surface area contributed by atoms with Gasteiger partial charge < -0.3 is 10.3 Å². The highest BCUT2D eigenvalue weighted by atomic mass is 16.1. The Kier molecular flexibility index (Phi) is 3.11. The predicted octanol–water partition coefficient (Wildman–Crippen LogP) is 1.86. The Morgan fingerprint density at radius 1 is 1.37 bits per heavy atom. The van der Waals surface area contributed by atoms with Crippen LogP contribution >= 0.6 is 0 Å². The number of aromatic nitrogens is 3. The first-order chi connectivity index (χ1) is 9.25. The molecule has 2 aromatic heterocycles. The number of rotatable bonds is 3. The van der Waals surface area contributed by atoms with Gasteiger partial charge in [0.05, 0.1) is 17.8 Å². The van der Waals surface area contributed by atoms with E-state index in [1.165, 1.54) is 24.1 Å². The van der Waals surface area contributed by atoms with Gasteiger partial charge in [0.15, 0.2) is 0 Å². The smallest absolute Gasteiger partial charge is 0.253 e. The first kappa shape index (κ1) is 12.0. The maximum absolute atomic E-state index is 12.0. The zero-order valence-corrected chi connectivity index (χ0v) is 11.0. The number of H-pyrrole nitrogens is 2. The van der Waals surface area contributed by atoms with E-state index in [2.05, 4.69) is 20.5 Å². The van der Waals surface area contributed by atoms with Crippen LogP contribution in [0.4, 0.5) is 0 Å². The molecule has 5 nitrogen and oxygen atoms in total. The van der Waals surface area contributed by atoms with Gasteiger partial charge in [0.2, 0.25) is 0 Å². The number of aryl methyl sites for hydroxylation is 2. The molecule has 0 radical (unpaired) electrons. The van der Waals surface area contributed by atoms with Crippen molar-refractivity contribution in [3.05, 3.63) is 40.5 Å². The van der Waals surface area contributed by atoms with Crippen LogP contribution in [0.3, 0.4) is 0 Å². The molecular weight excluding hydrogens is 240 g/mol. The van der Waals surface area contributed by atoms with Crippen LogP contribution in [0.2, 0.25) is 0 Å². The van der Waals surface area contributed by atoms with Crippen LogP contribution in [0.25, 0.3) is 0 Å². The van der Waals surface area contributed by atoms with E-state index < -0.39 is 0 Å². The van der Waals surface area contributed by atoms with E-state index in [0.717, 1.165) is 24.1 Å². The third-order valence-electron chi connectivity index (χ3n) is 3.76. The molecule has 0 saturated heterocycles. The molecule has 0 fully saturated rings. The molecule has 19 heavy (non-hydrogen) atoms. The lowest BCUT2D eigenvalue weighted by Crippen LogP contribution is -2.24. The number of aromatic amines is 2. The predicted molar refractivity (Wildman–Crippen MR) is 71.9 cm³/mol. The molecule has 2 aromatic rings. The van der Waals surface area contributed by atoms with Crippen LogP contribution in [0.1, 0.15) is 45.7 Å². The van der Waals surface area contributed by atoms with Crippen molar-refractivity contribution in [2.45, 2.75) is 39.2 Å². The molecule has 3 rings (SSSR count). The van der Waals surface area contributed by atoms with E-state index >= 15 is 0 Å². The minimum atomic E-state index is -0.0497. The van der Waals surface area contributed by atoms with E-state index in [4.69, 9.17) is 0 Å². The summed E-state index contributed by atoms with van der Waals surface area (Å²) in [6.07, 6.45) is 8.14. The van der Waals surface area contributed by atoms with Gasteiger partial charge in [-0.2, -0.15) is 5.10 Å². The minimum Gasteiger partial charge on any atom is -0.367 e. The average Bonchev–Trinajstić information content (AvgIpc) is 3.02. The Bertz CT molecular complexity index is 596. The summed E-state index contributed by atoms with van der Waals surface area (Å²) >= 11 is 0. The summed E-state index contributed by atoms with van der Waals surface area (Å²) in [4.78, 5) is 15.0. The van der Waals surface area contributed by atoms with Crippen LogP contribution < -0.4 is 5.32 Å². The number of fused-ring (bicyclic) bond motifs is 1. The summed E-state index contributed by atoms with van der Waals surface area (Å²) < 4.78 is 0. The minimum absolute atomic E-state index is 0.0497. The van der Waals surface area contributed by atoms with Gasteiger partial charge in [-0.15, -0.1) is 0 Å². The van der Waals surface area contributed by atoms with E-state index in [1.807, 2.05) is 13.1 Å². The number of nitrogens with zero attached hydrogens (tertiary/aromatic N) is 1. The zero-order valence-electron chi connectivity index (χ0n) is 11.0. The lowest BCUT2D eigenvalue weighted by Gasteiger charge is -2.11. The molecule has 3 N–H and O–H groups in total. The summed E-state index contributed by atoms with van der Waals surface area (Å²) in [7, 11) is 0. The van der Waals surface area contributed by atoms with Crippen LogP contribution in [-0.2, 0) is 19.4 Å². The highest BCUT2D eigenvalue weighted by molar-refractivity contribution is 5.95. The van der Waals surface area contributed by atoms with E-state index in [0.29, 0.717) is 12.1 Å². The lowest BCUT2D eigenvalue weighted by molar-refractivity contribution is 0.0950. The molecule has 1 aliphatic carbocycles. The van der Waals surface area contributed by atoms with E-state index in [-0.39, 0.29) is 5.91 Å². The summed E-state index contributed by atoms with van der Waals surface area (Å²) in [5.41, 5.74) is 5.19. The third kappa shape index (κ3) is 2.28. The molecule has 5 heteroatoms. The molecule has 1 aliphatic rings. The second-order valence-electron chi connectivity index (χ2n) is 5.07. The van der Waals surface area contributed by atoms with Crippen LogP contribution in [0, 0.1) is 6.92 Å². The summed E-state index contributed by atoms with van der Waals surface area (Å²) in [6, 6.07) is 0. The van der Waals surface area contributed by atoms with Crippen LogP contribution in [0.15, 0.2) is 12.4 Å². The number of carbonyl (C=O) groups excluding carboxylic acids is 1. The average molecular weight is 258 g/mol. The fraction of sp³-hybridized carbons (Fsp3) is 0.429. The fourth-order valence-electron chi connectivity index (χ4n) is 2.64. The highest BCUT2D eigenvalue weighted by Gasteiger charge is 2.17. The third-order valence-corrected chi connectivity index (χ3v) is 3.76. The number of nitrogens with one attached hydrogen (secondary N) is 3. The van der Waals surface area contributed by atoms with Gasteiger partial charge in [-0.25, -0.2) is 0 Å². The standard InChI is InChI=1S/C14H18N4O/c1-9-6-15-7-11(9)14(19)16-8-13-10-4-2-3-5-12(10)17-18-13/h6-7,15H,2-5,8H2,1H3,(H,16,19)(H,17,18). The van der Waals surface area contributed by atoms with Gasteiger partial charge >= 0.3 is 0 Å². The van der Waals surface area contributed by atoms with Gasteiger partial charge in [0.1, 0.15) is 0 Å². The Morgan fingerprint density at radius 3 is 3.00 bits per heavy atom. The van der Waals surface area contributed by atoms with Crippen molar-refractivity contribution >= 4 is 5.91 Å². The molecule has 0 saturated carbocycles. The Labute approximate surface area is 111 Å². The van der Waals surface area contributed by atoms with E-state index in [9.17, 15) is 4.79 Å². The zero-order chi connectivity index (χ0) is 13.2. The number of hydrogen-bond acceptors (Lipinski definition) is 2. The molecule has 0 unspecified atom stereocenters. The Balaban J connectivity index is 1.68. The Morgan fingerprint density at radius 2 is 2.21 bits per heavy atom. The molecule has 2 heterocycles. The van der Waals surface area contributed by atoms with Crippen LogP contribution in [-0.4, -0.2) is 21.1 Å². The van der Waals surface area contributed by atoms with Gasteiger partial charge in [0.25, 0.3) is 5.91 Å². The molecule has 1 amide bonds. The van der Waals surface area contributed by atoms with Crippen molar-refractivity contribution in [2.24, 2.45) is 0 Å². The molecule has 100 valence electrons. The largest absolute Gasteiger partial charge is 0.367 e. The van der Waals surface area contributed by atoms with Gasteiger partial charge in [-0.3, -0.25) is 9.89 Å². The maximum atomic E-state index is 12.0. The molecule has 0 aromatic carbocycles. The normalized spacial score (nSPS) is 14.2. The summed E-state index contributed by atoms with van der Waals surface area (Å²) in [6.45, 7) is 2.41. The van der Waals surface area contributed by atoms with Crippen molar-refractivity contribution in [1.82, 2.24) is 20.5 Å². The van der Waals surface area contributed by atoms with Crippen molar-refractivity contribution in [3.8, 4) is 0 Å². The first-order valence-electron chi connectivity index (χ1n) is 6.72.